The summed E-state index contributed by atoms with van der Waals surface area (Å²) in [4.78, 5) is 12.7. The smallest absolute Gasteiger partial charge is 0.277 e. The zero-order valence-electron chi connectivity index (χ0n) is 17.5. The minimum absolute atomic E-state index is 0.103. The molecule has 4 aromatic rings. The van der Waals surface area contributed by atoms with E-state index in [-0.39, 0.29) is 12.6 Å². The lowest BCUT2D eigenvalue weighted by atomic mass is 10.2. The first-order valence-electron chi connectivity index (χ1n) is 9.64. The number of ether oxygens (including phenoxy) is 2. The fraction of sp³-hybridized carbons (Fsp3) is 0.190. The van der Waals surface area contributed by atoms with E-state index in [4.69, 9.17) is 19.6 Å². The highest BCUT2D eigenvalue weighted by molar-refractivity contribution is 7.98. The zero-order chi connectivity index (χ0) is 22.3. The minimum Gasteiger partial charge on any atom is -0.495 e. The van der Waals surface area contributed by atoms with Gasteiger partial charge in [0.1, 0.15) is 17.3 Å². The van der Waals surface area contributed by atoms with Crippen molar-refractivity contribution in [2.24, 2.45) is 0 Å². The first kappa shape index (κ1) is 21.4. The molecule has 0 aliphatic rings. The monoisotopic (exact) mass is 451 g/mol. The largest absolute Gasteiger partial charge is 0.495 e. The number of nitrogens with zero attached hydrogens (tertiary/aromatic N) is 5. The van der Waals surface area contributed by atoms with Gasteiger partial charge in [0.05, 0.1) is 18.6 Å². The molecule has 2 aromatic carbocycles. The molecular formula is C21H21N7O3S. The van der Waals surface area contributed by atoms with Gasteiger partial charge in [-0.2, -0.15) is 15.0 Å². The summed E-state index contributed by atoms with van der Waals surface area (Å²) in [7, 11) is 1.59. The molecular weight excluding hydrogens is 430 g/mol. The predicted molar refractivity (Wildman–Crippen MR) is 120 cm³/mol. The van der Waals surface area contributed by atoms with E-state index in [2.05, 4.69) is 30.5 Å². The Morgan fingerprint density at radius 3 is 2.66 bits per heavy atom. The summed E-state index contributed by atoms with van der Waals surface area (Å²) >= 11 is 1.29. The Kier molecular flexibility index (Phi) is 6.66. The van der Waals surface area contributed by atoms with Crippen LogP contribution in [0.15, 0.2) is 58.2 Å². The van der Waals surface area contributed by atoms with Crippen molar-refractivity contribution in [1.29, 1.82) is 0 Å². The Morgan fingerprint density at radius 1 is 1.03 bits per heavy atom. The van der Waals surface area contributed by atoms with E-state index in [9.17, 15) is 0 Å². The van der Waals surface area contributed by atoms with Crippen LogP contribution < -0.4 is 20.5 Å². The number of para-hydroxylation sites is 2. The summed E-state index contributed by atoms with van der Waals surface area (Å²) in [5.74, 6) is 3.03. The van der Waals surface area contributed by atoms with Crippen LogP contribution in [-0.4, -0.2) is 32.3 Å². The van der Waals surface area contributed by atoms with Gasteiger partial charge in [0.25, 0.3) is 11.1 Å². The summed E-state index contributed by atoms with van der Waals surface area (Å²) in [6, 6.07) is 15.2. The SMILES string of the molecule is COc1ccccc1Nc1nc(N)nc(CSc2nnc(COc3ccc(C)cc3)o2)n1. The van der Waals surface area contributed by atoms with Crippen molar-refractivity contribution < 1.29 is 13.9 Å². The molecule has 0 radical (unpaired) electrons. The van der Waals surface area contributed by atoms with E-state index in [1.54, 1.807) is 7.11 Å². The van der Waals surface area contributed by atoms with Crippen LogP contribution in [0.5, 0.6) is 11.5 Å². The van der Waals surface area contributed by atoms with Gasteiger partial charge in [-0.3, -0.25) is 0 Å². The molecule has 3 N–H and O–H groups in total. The molecule has 0 atom stereocenters. The molecule has 2 heterocycles. The average Bonchev–Trinajstić information content (AvgIpc) is 3.25. The van der Waals surface area contributed by atoms with Crippen molar-refractivity contribution >= 4 is 29.3 Å². The molecule has 0 saturated heterocycles. The van der Waals surface area contributed by atoms with Gasteiger partial charge in [-0.1, -0.05) is 41.6 Å². The summed E-state index contributed by atoms with van der Waals surface area (Å²) in [5, 5.41) is 11.5. The molecule has 0 saturated carbocycles. The van der Waals surface area contributed by atoms with Crippen LogP contribution in [0.3, 0.4) is 0 Å². The normalized spacial score (nSPS) is 10.7. The van der Waals surface area contributed by atoms with Crippen LogP contribution in [0.4, 0.5) is 17.6 Å². The summed E-state index contributed by atoms with van der Waals surface area (Å²) < 4.78 is 16.6. The third-order valence-electron chi connectivity index (χ3n) is 4.21. The number of benzene rings is 2. The number of anilines is 3. The van der Waals surface area contributed by atoms with E-state index in [1.807, 2.05) is 55.5 Å². The standard InChI is InChI=1S/C21H21N7O3S/c1-13-7-9-14(10-8-13)30-11-18-27-28-21(31-18)32-12-17-24-19(22)26-20(25-17)23-15-5-3-4-6-16(15)29-2/h3-10H,11-12H2,1-2H3,(H3,22,23,24,25,26). The van der Waals surface area contributed by atoms with Crippen molar-refractivity contribution in [1.82, 2.24) is 25.1 Å². The highest BCUT2D eigenvalue weighted by Crippen LogP contribution is 2.26. The van der Waals surface area contributed by atoms with Gasteiger partial charge >= 0.3 is 0 Å². The first-order chi connectivity index (χ1) is 15.6. The molecule has 2 aromatic heterocycles. The zero-order valence-corrected chi connectivity index (χ0v) is 18.3. The number of aryl methyl sites for hydroxylation is 1. The molecule has 0 fully saturated rings. The van der Waals surface area contributed by atoms with Crippen LogP contribution in [0, 0.1) is 6.92 Å². The van der Waals surface area contributed by atoms with Gasteiger partial charge in [0.15, 0.2) is 6.61 Å². The number of hydrogen-bond donors (Lipinski definition) is 2. The minimum atomic E-state index is 0.103. The van der Waals surface area contributed by atoms with Gasteiger partial charge < -0.3 is 24.9 Å². The number of nitrogen functional groups attached to an aromatic ring is 1. The van der Waals surface area contributed by atoms with Crippen LogP contribution in [-0.2, 0) is 12.4 Å². The Morgan fingerprint density at radius 2 is 1.84 bits per heavy atom. The molecule has 4 rings (SSSR count). The van der Waals surface area contributed by atoms with Crippen molar-refractivity contribution in [2.75, 3.05) is 18.2 Å². The van der Waals surface area contributed by atoms with Crippen molar-refractivity contribution in [3.05, 3.63) is 65.8 Å². The lowest BCUT2D eigenvalue weighted by molar-refractivity contribution is 0.252. The molecule has 11 heteroatoms. The average molecular weight is 452 g/mol. The number of thioether (sulfide) groups is 1. The molecule has 0 unspecified atom stereocenters. The predicted octanol–water partition coefficient (Wildman–Crippen LogP) is 3.77. The van der Waals surface area contributed by atoms with E-state index in [1.165, 1.54) is 11.8 Å². The highest BCUT2D eigenvalue weighted by atomic mass is 32.2. The Hall–Kier alpha value is -3.86. The molecule has 0 amide bonds. The maximum Gasteiger partial charge on any atom is 0.277 e. The van der Waals surface area contributed by atoms with Crippen LogP contribution in [0.2, 0.25) is 0 Å². The maximum atomic E-state index is 5.85. The third kappa shape index (κ3) is 5.64. The number of hydrogen-bond acceptors (Lipinski definition) is 11. The molecule has 32 heavy (non-hydrogen) atoms. The fourth-order valence-electron chi connectivity index (χ4n) is 2.69. The molecule has 0 spiro atoms. The summed E-state index contributed by atoms with van der Waals surface area (Å²) in [6.07, 6.45) is 0. The number of methoxy groups -OCH3 is 1. The lowest BCUT2D eigenvalue weighted by Gasteiger charge is -2.10. The third-order valence-corrected chi connectivity index (χ3v) is 5.02. The van der Waals surface area contributed by atoms with Gasteiger partial charge in [0, 0.05) is 0 Å². The quantitative estimate of drug-likeness (QED) is 0.360. The van der Waals surface area contributed by atoms with Crippen molar-refractivity contribution in [2.45, 2.75) is 24.5 Å². The fourth-order valence-corrected chi connectivity index (χ4v) is 3.32. The number of aromatic nitrogens is 5. The summed E-state index contributed by atoms with van der Waals surface area (Å²) in [6.45, 7) is 2.20. The van der Waals surface area contributed by atoms with Gasteiger partial charge in [-0.05, 0) is 31.2 Å². The maximum absolute atomic E-state index is 5.85. The molecule has 0 bridgehead atoms. The van der Waals surface area contributed by atoms with Crippen LogP contribution in [0.1, 0.15) is 17.3 Å². The first-order valence-corrected chi connectivity index (χ1v) is 10.6. The summed E-state index contributed by atoms with van der Waals surface area (Å²) in [5.41, 5.74) is 7.73. The highest BCUT2D eigenvalue weighted by Gasteiger charge is 2.12. The Bertz CT molecular complexity index is 1180. The van der Waals surface area contributed by atoms with Gasteiger partial charge in [-0.15, -0.1) is 10.2 Å². The van der Waals surface area contributed by atoms with E-state index in [0.717, 1.165) is 11.3 Å². The number of rotatable bonds is 9. The second-order valence-corrected chi connectivity index (χ2v) is 7.54. The molecule has 10 nitrogen and oxygen atoms in total. The van der Waals surface area contributed by atoms with Gasteiger partial charge in [0.2, 0.25) is 11.9 Å². The van der Waals surface area contributed by atoms with Crippen LogP contribution >= 0.6 is 11.8 Å². The van der Waals surface area contributed by atoms with Crippen LogP contribution in [0.25, 0.3) is 0 Å². The Balaban J connectivity index is 1.36. The molecule has 0 aliphatic heterocycles. The van der Waals surface area contributed by atoms with E-state index < -0.39 is 0 Å². The second kappa shape index (κ2) is 9.96. The lowest BCUT2D eigenvalue weighted by Crippen LogP contribution is -2.07. The topological polar surface area (TPSA) is 134 Å². The molecule has 164 valence electrons. The Labute approximate surface area is 188 Å². The second-order valence-electron chi connectivity index (χ2n) is 6.61. The van der Waals surface area contributed by atoms with Gasteiger partial charge in [-0.25, -0.2) is 0 Å². The number of nitrogens with two attached hydrogens (primary N) is 1. The molecule has 0 aliphatic carbocycles. The van der Waals surface area contributed by atoms with E-state index >= 15 is 0 Å². The number of nitrogens with one attached hydrogen (secondary N) is 1. The van der Waals surface area contributed by atoms with Crippen molar-refractivity contribution in [3.8, 4) is 11.5 Å². The van der Waals surface area contributed by atoms with Crippen molar-refractivity contribution in [3.63, 3.8) is 0 Å². The van der Waals surface area contributed by atoms with E-state index in [0.29, 0.717) is 40.1 Å².